The summed E-state index contributed by atoms with van der Waals surface area (Å²) in [6, 6.07) is 6.87. The summed E-state index contributed by atoms with van der Waals surface area (Å²) in [4.78, 5) is 22.5. The zero-order valence-electron chi connectivity index (χ0n) is 11.5. The number of carbonyl (C=O) groups excluding carboxylic acids is 1. The van der Waals surface area contributed by atoms with E-state index in [1.54, 1.807) is 18.2 Å². The van der Waals surface area contributed by atoms with Gasteiger partial charge >= 0.3 is 5.97 Å². The Balaban J connectivity index is 2.41. The van der Waals surface area contributed by atoms with Crippen molar-refractivity contribution in [2.45, 2.75) is 33.1 Å². The minimum absolute atomic E-state index is 0.0292. The Morgan fingerprint density at radius 2 is 1.95 bits per heavy atom. The van der Waals surface area contributed by atoms with Gasteiger partial charge in [0.15, 0.2) is 0 Å². The van der Waals surface area contributed by atoms with Crippen LogP contribution in [0, 0.1) is 5.92 Å². The highest BCUT2D eigenvalue weighted by molar-refractivity contribution is 5.89. The van der Waals surface area contributed by atoms with Crippen molar-refractivity contribution in [1.82, 2.24) is 5.32 Å². The Labute approximate surface area is 113 Å². The molecule has 2 N–H and O–H groups in total. The van der Waals surface area contributed by atoms with Crippen molar-refractivity contribution in [2.75, 3.05) is 6.54 Å². The Kier molecular flexibility index (Phi) is 6.06. The van der Waals surface area contributed by atoms with Gasteiger partial charge in [0, 0.05) is 13.0 Å². The van der Waals surface area contributed by atoms with Crippen LogP contribution in [0.2, 0.25) is 0 Å². The summed E-state index contributed by atoms with van der Waals surface area (Å²) in [7, 11) is 0. The minimum Gasteiger partial charge on any atom is -0.478 e. The molecule has 0 aliphatic rings. The molecule has 0 saturated heterocycles. The molecule has 4 nitrogen and oxygen atoms in total. The third-order valence-electron chi connectivity index (χ3n) is 2.91. The molecule has 0 bridgehead atoms. The van der Waals surface area contributed by atoms with E-state index in [1.165, 1.54) is 0 Å². The first-order chi connectivity index (χ1) is 9.00. The number of rotatable bonds is 7. The fourth-order valence-electron chi connectivity index (χ4n) is 1.79. The first-order valence-corrected chi connectivity index (χ1v) is 6.58. The Morgan fingerprint density at radius 3 is 2.58 bits per heavy atom. The SMILES string of the molecule is CC(C)CCC(=O)NCCc1ccccc1C(=O)O. The van der Waals surface area contributed by atoms with Gasteiger partial charge in [0.2, 0.25) is 5.91 Å². The number of aromatic carboxylic acids is 1. The average molecular weight is 263 g/mol. The molecule has 0 fully saturated rings. The van der Waals surface area contributed by atoms with Crippen LogP contribution < -0.4 is 5.32 Å². The lowest BCUT2D eigenvalue weighted by atomic mass is 10.0. The van der Waals surface area contributed by atoms with Crippen LogP contribution >= 0.6 is 0 Å². The predicted molar refractivity (Wildman–Crippen MR) is 74.2 cm³/mol. The highest BCUT2D eigenvalue weighted by Gasteiger charge is 2.09. The van der Waals surface area contributed by atoms with Crippen LogP contribution in [-0.2, 0) is 11.2 Å². The molecule has 0 atom stereocenters. The molecule has 1 aromatic carbocycles. The van der Waals surface area contributed by atoms with E-state index in [0.29, 0.717) is 30.9 Å². The van der Waals surface area contributed by atoms with Crippen LogP contribution in [0.4, 0.5) is 0 Å². The monoisotopic (exact) mass is 263 g/mol. The number of carboxylic acid groups (broad SMARTS) is 1. The average Bonchev–Trinajstić information content (AvgIpc) is 2.36. The largest absolute Gasteiger partial charge is 0.478 e. The molecular formula is C15H21NO3. The second-order valence-electron chi connectivity index (χ2n) is 4.99. The van der Waals surface area contributed by atoms with E-state index in [9.17, 15) is 9.59 Å². The molecule has 0 unspecified atom stereocenters. The normalized spacial score (nSPS) is 10.5. The van der Waals surface area contributed by atoms with Gasteiger partial charge in [0.1, 0.15) is 0 Å². The maximum Gasteiger partial charge on any atom is 0.335 e. The van der Waals surface area contributed by atoms with Gasteiger partial charge in [-0.15, -0.1) is 0 Å². The second kappa shape index (κ2) is 7.56. The number of hydrogen-bond acceptors (Lipinski definition) is 2. The highest BCUT2D eigenvalue weighted by atomic mass is 16.4. The zero-order valence-corrected chi connectivity index (χ0v) is 11.5. The first-order valence-electron chi connectivity index (χ1n) is 6.58. The van der Waals surface area contributed by atoms with E-state index in [-0.39, 0.29) is 5.91 Å². The van der Waals surface area contributed by atoms with E-state index >= 15 is 0 Å². The number of carbonyl (C=O) groups is 2. The minimum atomic E-state index is -0.929. The maximum atomic E-state index is 11.5. The van der Waals surface area contributed by atoms with Gasteiger partial charge in [-0.25, -0.2) is 4.79 Å². The van der Waals surface area contributed by atoms with Crippen LogP contribution in [0.5, 0.6) is 0 Å². The van der Waals surface area contributed by atoms with E-state index < -0.39 is 5.97 Å². The number of nitrogens with one attached hydrogen (secondary N) is 1. The highest BCUT2D eigenvalue weighted by Crippen LogP contribution is 2.09. The fraction of sp³-hybridized carbons (Fsp3) is 0.467. The summed E-state index contributed by atoms with van der Waals surface area (Å²) < 4.78 is 0. The molecule has 0 aliphatic carbocycles. The van der Waals surface area contributed by atoms with Gasteiger partial charge in [-0.05, 0) is 30.4 Å². The lowest BCUT2D eigenvalue weighted by Crippen LogP contribution is -2.26. The van der Waals surface area contributed by atoms with Gasteiger partial charge in [-0.2, -0.15) is 0 Å². The molecular weight excluding hydrogens is 242 g/mol. The summed E-state index contributed by atoms with van der Waals surface area (Å²) in [6.45, 7) is 4.63. The quantitative estimate of drug-likeness (QED) is 0.794. The topological polar surface area (TPSA) is 66.4 Å². The van der Waals surface area contributed by atoms with Crippen LogP contribution in [0.15, 0.2) is 24.3 Å². The number of hydrogen-bond donors (Lipinski definition) is 2. The van der Waals surface area contributed by atoms with E-state index in [0.717, 1.165) is 12.0 Å². The van der Waals surface area contributed by atoms with Crippen molar-refractivity contribution in [2.24, 2.45) is 5.92 Å². The van der Waals surface area contributed by atoms with E-state index in [4.69, 9.17) is 5.11 Å². The van der Waals surface area contributed by atoms with E-state index in [1.807, 2.05) is 6.07 Å². The first kappa shape index (κ1) is 15.2. The molecule has 0 aromatic heterocycles. The van der Waals surface area contributed by atoms with Crippen LogP contribution in [0.1, 0.15) is 42.6 Å². The maximum absolute atomic E-state index is 11.5. The summed E-state index contributed by atoms with van der Waals surface area (Å²) in [5.41, 5.74) is 1.05. The molecule has 0 saturated carbocycles. The number of benzene rings is 1. The molecule has 0 radical (unpaired) electrons. The van der Waals surface area contributed by atoms with Gasteiger partial charge in [0.25, 0.3) is 0 Å². The third kappa shape index (κ3) is 5.55. The molecule has 1 rings (SSSR count). The van der Waals surface area contributed by atoms with Crippen molar-refractivity contribution in [3.63, 3.8) is 0 Å². The zero-order chi connectivity index (χ0) is 14.3. The molecule has 1 amide bonds. The van der Waals surface area contributed by atoms with Crippen LogP contribution in [-0.4, -0.2) is 23.5 Å². The third-order valence-corrected chi connectivity index (χ3v) is 2.91. The van der Waals surface area contributed by atoms with Crippen molar-refractivity contribution in [3.8, 4) is 0 Å². The van der Waals surface area contributed by atoms with Gasteiger partial charge < -0.3 is 10.4 Å². The smallest absolute Gasteiger partial charge is 0.335 e. The number of carboxylic acids is 1. The second-order valence-corrected chi connectivity index (χ2v) is 4.99. The van der Waals surface area contributed by atoms with Crippen molar-refractivity contribution < 1.29 is 14.7 Å². The Bertz CT molecular complexity index is 441. The standard InChI is InChI=1S/C15H21NO3/c1-11(2)7-8-14(17)16-10-9-12-5-3-4-6-13(12)15(18)19/h3-6,11H,7-10H2,1-2H3,(H,16,17)(H,18,19). The summed E-state index contributed by atoms with van der Waals surface area (Å²) in [5, 5.41) is 11.9. The van der Waals surface area contributed by atoms with Crippen molar-refractivity contribution in [3.05, 3.63) is 35.4 Å². The molecule has 4 heteroatoms. The van der Waals surface area contributed by atoms with Crippen LogP contribution in [0.3, 0.4) is 0 Å². The molecule has 0 spiro atoms. The number of amides is 1. The van der Waals surface area contributed by atoms with E-state index in [2.05, 4.69) is 19.2 Å². The molecule has 1 aromatic rings. The lowest BCUT2D eigenvalue weighted by molar-refractivity contribution is -0.121. The predicted octanol–water partition coefficient (Wildman–Crippen LogP) is 2.48. The van der Waals surface area contributed by atoms with Crippen LogP contribution in [0.25, 0.3) is 0 Å². The molecule has 19 heavy (non-hydrogen) atoms. The molecule has 0 heterocycles. The molecule has 0 aliphatic heterocycles. The molecule has 104 valence electrons. The Morgan fingerprint density at radius 1 is 1.26 bits per heavy atom. The fourth-order valence-corrected chi connectivity index (χ4v) is 1.79. The van der Waals surface area contributed by atoms with Crippen molar-refractivity contribution in [1.29, 1.82) is 0 Å². The summed E-state index contributed by atoms with van der Waals surface area (Å²) >= 11 is 0. The summed E-state index contributed by atoms with van der Waals surface area (Å²) in [5.74, 6) is -0.387. The summed E-state index contributed by atoms with van der Waals surface area (Å²) in [6.07, 6.45) is 1.94. The lowest BCUT2D eigenvalue weighted by Gasteiger charge is -2.08. The van der Waals surface area contributed by atoms with Gasteiger partial charge in [0.05, 0.1) is 5.56 Å². The van der Waals surface area contributed by atoms with Gasteiger partial charge in [-0.3, -0.25) is 4.79 Å². The van der Waals surface area contributed by atoms with Gasteiger partial charge in [-0.1, -0.05) is 32.0 Å². The Hall–Kier alpha value is -1.84. The van der Waals surface area contributed by atoms with Crippen molar-refractivity contribution >= 4 is 11.9 Å².